The summed E-state index contributed by atoms with van der Waals surface area (Å²) in [6.07, 6.45) is 2.71. The van der Waals surface area contributed by atoms with Gasteiger partial charge in [0.05, 0.1) is 18.3 Å². The maximum atomic E-state index is 12.5. The summed E-state index contributed by atoms with van der Waals surface area (Å²) in [5, 5.41) is 22.6. The lowest BCUT2D eigenvalue weighted by atomic mass is 10.0. The van der Waals surface area contributed by atoms with Crippen molar-refractivity contribution < 1.29 is 13.5 Å². The molecule has 2 aromatic rings. The molecule has 3 rings (SSSR count). The largest absolute Gasteiger partial charge is 0.435 e. The molecule has 0 aromatic heterocycles. The van der Waals surface area contributed by atoms with Gasteiger partial charge in [0.1, 0.15) is 5.75 Å². The standard InChI is InChI=1S/C22H23ClF2N6O/c1-3-9-27-19-12-31(30-20(19)15-7-8-18(23)14(2)10-15)22(28-13-26)29-16-5-4-6-17(11-16)32-21(24)25/h4-8,10-11,19,21,27H,3,9,12H2,1-2H3,(H,28,29). The van der Waals surface area contributed by atoms with Gasteiger partial charge in [0, 0.05) is 16.8 Å². The number of aliphatic imine (C=N–C) groups is 1. The van der Waals surface area contributed by atoms with Gasteiger partial charge in [0.25, 0.3) is 0 Å². The fourth-order valence-corrected chi connectivity index (χ4v) is 3.37. The number of hydrazone groups is 1. The number of hydrogen-bond acceptors (Lipinski definition) is 5. The number of nitriles is 1. The fraction of sp³-hybridized carbons (Fsp3) is 0.318. The van der Waals surface area contributed by atoms with Crippen LogP contribution in [0.1, 0.15) is 24.5 Å². The van der Waals surface area contributed by atoms with Gasteiger partial charge in [0.2, 0.25) is 12.2 Å². The highest BCUT2D eigenvalue weighted by Crippen LogP contribution is 2.23. The highest BCUT2D eigenvalue weighted by atomic mass is 35.5. The van der Waals surface area contributed by atoms with E-state index in [2.05, 4.69) is 27.3 Å². The average Bonchev–Trinajstić information content (AvgIpc) is 3.18. The molecule has 168 valence electrons. The van der Waals surface area contributed by atoms with E-state index in [0.29, 0.717) is 17.3 Å². The molecule has 1 aliphatic heterocycles. The first kappa shape index (κ1) is 23.4. The smallest absolute Gasteiger partial charge is 0.387 e. The summed E-state index contributed by atoms with van der Waals surface area (Å²) in [6.45, 7) is 2.28. The first-order valence-electron chi connectivity index (χ1n) is 10.1. The fourth-order valence-electron chi connectivity index (χ4n) is 3.25. The van der Waals surface area contributed by atoms with E-state index in [4.69, 9.17) is 16.7 Å². The predicted molar refractivity (Wildman–Crippen MR) is 121 cm³/mol. The zero-order chi connectivity index (χ0) is 23.1. The predicted octanol–water partition coefficient (Wildman–Crippen LogP) is 4.59. The van der Waals surface area contributed by atoms with Crippen molar-refractivity contribution in [3.8, 4) is 11.9 Å². The van der Waals surface area contributed by atoms with Crippen LogP contribution in [-0.2, 0) is 0 Å². The van der Waals surface area contributed by atoms with Crippen LogP contribution >= 0.6 is 11.6 Å². The Morgan fingerprint density at radius 3 is 2.88 bits per heavy atom. The first-order chi connectivity index (χ1) is 15.4. The van der Waals surface area contributed by atoms with Crippen molar-refractivity contribution in [2.24, 2.45) is 10.1 Å². The Morgan fingerprint density at radius 2 is 2.19 bits per heavy atom. The Bertz CT molecular complexity index is 1050. The summed E-state index contributed by atoms with van der Waals surface area (Å²) in [5.41, 5.74) is 3.06. The van der Waals surface area contributed by atoms with E-state index in [1.54, 1.807) is 23.3 Å². The third-order valence-corrected chi connectivity index (χ3v) is 5.15. The van der Waals surface area contributed by atoms with E-state index < -0.39 is 6.61 Å². The molecule has 7 nitrogen and oxygen atoms in total. The molecule has 1 atom stereocenters. The zero-order valence-electron chi connectivity index (χ0n) is 17.6. The van der Waals surface area contributed by atoms with E-state index in [-0.39, 0.29) is 17.8 Å². The Kier molecular flexibility index (Phi) is 7.98. The van der Waals surface area contributed by atoms with Crippen LogP contribution in [0.3, 0.4) is 0 Å². The van der Waals surface area contributed by atoms with E-state index >= 15 is 0 Å². The number of rotatable bonds is 7. The van der Waals surface area contributed by atoms with Crippen LogP contribution in [0.5, 0.6) is 5.75 Å². The number of hydrogen-bond donors (Lipinski definition) is 2. The van der Waals surface area contributed by atoms with Crippen LogP contribution in [0.2, 0.25) is 5.02 Å². The van der Waals surface area contributed by atoms with Gasteiger partial charge in [-0.3, -0.25) is 0 Å². The summed E-state index contributed by atoms with van der Waals surface area (Å²) in [4.78, 5) is 3.86. The molecule has 0 bridgehead atoms. The molecule has 0 radical (unpaired) electrons. The van der Waals surface area contributed by atoms with Crippen LogP contribution in [0.4, 0.5) is 14.5 Å². The van der Waals surface area contributed by atoms with E-state index in [0.717, 1.165) is 29.8 Å². The van der Waals surface area contributed by atoms with Crippen molar-refractivity contribution >= 4 is 29.0 Å². The van der Waals surface area contributed by atoms with E-state index in [1.165, 1.54) is 12.1 Å². The number of benzene rings is 2. The van der Waals surface area contributed by atoms with Gasteiger partial charge in [-0.05, 0) is 55.3 Å². The molecule has 1 aliphatic rings. The van der Waals surface area contributed by atoms with Crippen LogP contribution in [0, 0.1) is 18.4 Å². The third kappa shape index (κ3) is 5.93. The second-order valence-corrected chi connectivity index (χ2v) is 7.51. The second-order valence-electron chi connectivity index (χ2n) is 7.10. The SMILES string of the molecule is CCCNC1CN(/C(=N\C#N)Nc2cccc(OC(F)F)c2)N=C1c1ccc(Cl)c(C)c1. The molecule has 0 amide bonds. The van der Waals surface area contributed by atoms with Gasteiger partial charge in [-0.1, -0.05) is 30.7 Å². The summed E-state index contributed by atoms with van der Waals surface area (Å²) in [7, 11) is 0. The minimum Gasteiger partial charge on any atom is -0.435 e. The van der Waals surface area contributed by atoms with Crippen LogP contribution in [0.25, 0.3) is 0 Å². The average molecular weight is 461 g/mol. The Morgan fingerprint density at radius 1 is 1.38 bits per heavy atom. The quantitative estimate of drug-likeness (QED) is 0.358. The van der Waals surface area contributed by atoms with Crippen LogP contribution in [-0.4, -0.2) is 42.4 Å². The monoisotopic (exact) mass is 460 g/mol. The summed E-state index contributed by atoms with van der Waals surface area (Å²) in [6, 6.07) is 11.6. The molecule has 0 fully saturated rings. The molecule has 10 heteroatoms. The highest BCUT2D eigenvalue weighted by Gasteiger charge is 2.30. The van der Waals surface area contributed by atoms with Gasteiger partial charge in [-0.25, -0.2) is 5.01 Å². The first-order valence-corrected chi connectivity index (χ1v) is 10.4. The molecule has 0 saturated carbocycles. The summed E-state index contributed by atoms with van der Waals surface area (Å²) < 4.78 is 29.5. The van der Waals surface area contributed by atoms with Crippen molar-refractivity contribution in [3.63, 3.8) is 0 Å². The molecule has 0 saturated heterocycles. The molecule has 32 heavy (non-hydrogen) atoms. The highest BCUT2D eigenvalue weighted by molar-refractivity contribution is 6.31. The normalized spacial score (nSPS) is 16.2. The van der Waals surface area contributed by atoms with Gasteiger partial charge >= 0.3 is 6.61 Å². The maximum absolute atomic E-state index is 12.5. The van der Waals surface area contributed by atoms with Gasteiger partial charge in [-0.2, -0.15) is 19.1 Å². The van der Waals surface area contributed by atoms with Gasteiger partial charge in [0.15, 0.2) is 0 Å². The van der Waals surface area contributed by atoms with Crippen molar-refractivity contribution in [1.29, 1.82) is 5.26 Å². The molecule has 0 spiro atoms. The topological polar surface area (TPSA) is 85.0 Å². The maximum Gasteiger partial charge on any atom is 0.387 e. The molecule has 1 heterocycles. The number of alkyl halides is 2. The minimum absolute atomic E-state index is 0.00829. The van der Waals surface area contributed by atoms with Gasteiger partial charge in [-0.15, -0.1) is 4.99 Å². The van der Waals surface area contributed by atoms with E-state index in [9.17, 15) is 14.0 Å². The number of ether oxygens (including phenoxy) is 1. The summed E-state index contributed by atoms with van der Waals surface area (Å²) in [5.74, 6) is 0.164. The lowest BCUT2D eigenvalue weighted by molar-refractivity contribution is -0.0498. The molecule has 1 unspecified atom stereocenters. The Balaban J connectivity index is 1.89. The van der Waals surface area contributed by atoms with Crippen molar-refractivity contribution in [1.82, 2.24) is 10.3 Å². The third-order valence-electron chi connectivity index (χ3n) is 4.72. The molecule has 2 aromatic carbocycles. The number of anilines is 1. The number of aryl methyl sites for hydroxylation is 1. The molecular formula is C22H23ClF2N6O. The van der Waals surface area contributed by atoms with Gasteiger partial charge < -0.3 is 15.4 Å². The lowest BCUT2D eigenvalue weighted by Crippen LogP contribution is -2.41. The van der Waals surface area contributed by atoms with Crippen molar-refractivity contribution in [2.45, 2.75) is 32.9 Å². The Hall–Kier alpha value is -3.22. The number of halogens is 3. The van der Waals surface area contributed by atoms with Crippen LogP contribution < -0.4 is 15.4 Å². The lowest BCUT2D eigenvalue weighted by Gasteiger charge is -2.19. The van der Waals surface area contributed by atoms with Crippen molar-refractivity contribution in [2.75, 3.05) is 18.4 Å². The molecular weight excluding hydrogens is 438 g/mol. The van der Waals surface area contributed by atoms with Crippen molar-refractivity contribution in [3.05, 3.63) is 58.6 Å². The summed E-state index contributed by atoms with van der Waals surface area (Å²) >= 11 is 6.17. The molecule has 0 aliphatic carbocycles. The Labute approximate surface area is 190 Å². The zero-order valence-corrected chi connectivity index (χ0v) is 18.4. The number of nitrogens with one attached hydrogen (secondary N) is 2. The molecule has 2 N–H and O–H groups in total. The number of guanidine groups is 1. The van der Waals surface area contributed by atoms with E-state index in [1.807, 2.05) is 25.1 Å². The number of nitrogens with zero attached hydrogens (tertiary/aromatic N) is 4. The second kappa shape index (κ2) is 10.9. The van der Waals surface area contributed by atoms with Crippen LogP contribution in [0.15, 0.2) is 52.6 Å². The minimum atomic E-state index is -2.93.